The molecule has 0 spiro atoms. The number of carbonyl (C=O) groups excluding carboxylic acids is 1. The molecule has 23 heavy (non-hydrogen) atoms. The first kappa shape index (κ1) is 17.3. The van der Waals surface area contributed by atoms with Crippen molar-refractivity contribution in [1.82, 2.24) is 10.4 Å². The number of benzene rings is 1. The molecule has 1 atom stereocenters. The molecule has 1 aromatic carbocycles. The second-order valence-electron chi connectivity index (χ2n) is 5.43. The van der Waals surface area contributed by atoms with Crippen molar-refractivity contribution in [2.75, 3.05) is 0 Å². The molecule has 2 aromatic rings. The highest BCUT2D eigenvalue weighted by atomic mass is 32.1. The maximum absolute atomic E-state index is 12.9. The second kappa shape index (κ2) is 7.97. The van der Waals surface area contributed by atoms with Crippen molar-refractivity contribution in [3.63, 3.8) is 0 Å². The van der Waals surface area contributed by atoms with Gasteiger partial charge in [-0.2, -0.15) is 5.10 Å². The van der Waals surface area contributed by atoms with E-state index in [-0.39, 0.29) is 18.1 Å². The van der Waals surface area contributed by atoms with Crippen LogP contribution in [0.1, 0.15) is 32.9 Å². The SMILES string of the molecule is CC[C@H](C)/C(C)=N\NC(=O)Cc1csc(-c2ccc(F)cc2)n1. The van der Waals surface area contributed by atoms with Gasteiger partial charge in [0.25, 0.3) is 0 Å². The molecule has 122 valence electrons. The monoisotopic (exact) mass is 333 g/mol. The zero-order chi connectivity index (χ0) is 16.8. The third kappa shape index (κ3) is 4.96. The third-order valence-corrected chi connectivity index (χ3v) is 4.61. The average molecular weight is 333 g/mol. The Hall–Kier alpha value is -2.08. The molecule has 0 aliphatic carbocycles. The Bertz CT molecular complexity index is 694. The van der Waals surface area contributed by atoms with E-state index >= 15 is 0 Å². The van der Waals surface area contributed by atoms with Crippen LogP contribution in [0, 0.1) is 11.7 Å². The first-order valence-corrected chi connectivity index (χ1v) is 8.41. The molecule has 4 nitrogen and oxygen atoms in total. The van der Waals surface area contributed by atoms with Crippen LogP contribution in [0.2, 0.25) is 0 Å². The summed E-state index contributed by atoms with van der Waals surface area (Å²) in [5.41, 5.74) is 5.00. The van der Waals surface area contributed by atoms with E-state index in [2.05, 4.69) is 29.4 Å². The molecule has 0 fully saturated rings. The normalized spacial score (nSPS) is 13.0. The van der Waals surface area contributed by atoms with Crippen LogP contribution < -0.4 is 5.43 Å². The molecular weight excluding hydrogens is 313 g/mol. The lowest BCUT2D eigenvalue weighted by atomic mass is 10.1. The summed E-state index contributed by atoms with van der Waals surface area (Å²) in [4.78, 5) is 16.3. The summed E-state index contributed by atoms with van der Waals surface area (Å²) in [6.07, 6.45) is 1.16. The van der Waals surface area contributed by atoms with Gasteiger partial charge in [-0.1, -0.05) is 13.8 Å². The minimum absolute atomic E-state index is 0.176. The fraction of sp³-hybridized carbons (Fsp3) is 0.353. The number of carbonyl (C=O) groups is 1. The Morgan fingerprint density at radius 2 is 2.09 bits per heavy atom. The van der Waals surface area contributed by atoms with Gasteiger partial charge >= 0.3 is 0 Å². The predicted molar refractivity (Wildman–Crippen MR) is 91.9 cm³/mol. The fourth-order valence-corrected chi connectivity index (χ4v) is 2.70. The fourth-order valence-electron chi connectivity index (χ4n) is 1.87. The third-order valence-electron chi connectivity index (χ3n) is 3.67. The molecule has 0 radical (unpaired) electrons. The quantitative estimate of drug-likeness (QED) is 0.641. The number of aromatic nitrogens is 1. The Balaban J connectivity index is 1.96. The van der Waals surface area contributed by atoms with Crippen LogP contribution in [-0.2, 0) is 11.2 Å². The van der Waals surface area contributed by atoms with Crippen LogP contribution in [0.3, 0.4) is 0 Å². The van der Waals surface area contributed by atoms with Gasteiger partial charge in [0, 0.05) is 16.7 Å². The van der Waals surface area contributed by atoms with Crippen molar-refractivity contribution < 1.29 is 9.18 Å². The zero-order valence-electron chi connectivity index (χ0n) is 13.5. The zero-order valence-corrected chi connectivity index (χ0v) is 14.3. The number of nitrogens with zero attached hydrogens (tertiary/aromatic N) is 2. The molecule has 0 bridgehead atoms. The van der Waals surface area contributed by atoms with Gasteiger partial charge in [0.15, 0.2) is 0 Å². The van der Waals surface area contributed by atoms with Crippen molar-refractivity contribution in [3.05, 3.63) is 41.2 Å². The molecule has 2 rings (SSSR count). The second-order valence-corrected chi connectivity index (χ2v) is 6.28. The number of amides is 1. The standard InChI is InChI=1S/C17H20FN3OS/c1-4-11(2)12(3)20-21-16(22)9-15-10-23-17(19-15)13-5-7-14(18)8-6-13/h5-8,10-11H,4,9H2,1-3H3,(H,21,22)/b20-12-/t11-/m0/s1. The highest BCUT2D eigenvalue weighted by Gasteiger charge is 2.09. The van der Waals surface area contributed by atoms with Crippen LogP contribution >= 0.6 is 11.3 Å². The lowest BCUT2D eigenvalue weighted by Gasteiger charge is -2.07. The van der Waals surface area contributed by atoms with Crippen LogP contribution in [0.5, 0.6) is 0 Å². The Labute approximate surface area is 139 Å². The maximum Gasteiger partial charge on any atom is 0.246 e. The Morgan fingerprint density at radius 3 is 2.74 bits per heavy atom. The van der Waals surface area contributed by atoms with Gasteiger partial charge in [0.2, 0.25) is 5.91 Å². The van der Waals surface area contributed by atoms with Crippen molar-refractivity contribution >= 4 is 23.0 Å². The van der Waals surface area contributed by atoms with Crippen molar-refractivity contribution in [3.8, 4) is 10.6 Å². The van der Waals surface area contributed by atoms with E-state index < -0.39 is 0 Å². The summed E-state index contributed by atoms with van der Waals surface area (Å²) in [6.45, 7) is 6.06. The number of halogens is 1. The number of hydrogen-bond acceptors (Lipinski definition) is 4. The van der Waals surface area contributed by atoms with Gasteiger partial charge in [0.05, 0.1) is 12.1 Å². The minimum Gasteiger partial charge on any atom is -0.273 e. The lowest BCUT2D eigenvalue weighted by molar-refractivity contribution is -0.120. The molecule has 0 saturated carbocycles. The van der Waals surface area contributed by atoms with Gasteiger partial charge in [-0.05, 0) is 43.5 Å². The summed E-state index contributed by atoms with van der Waals surface area (Å²) in [5, 5.41) is 6.72. The van der Waals surface area contributed by atoms with Gasteiger partial charge in [-0.25, -0.2) is 14.8 Å². The van der Waals surface area contributed by atoms with Crippen molar-refractivity contribution in [2.24, 2.45) is 11.0 Å². The first-order valence-electron chi connectivity index (χ1n) is 7.53. The molecule has 0 unspecified atom stereocenters. The van der Waals surface area contributed by atoms with Crippen LogP contribution in [0.25, 0.3) is 10.6 Å². The Morgan fingerprint density at radius 1 is 1.39 bits per heavy atom. The molecule has 1 aromatic heterocycles. The van der Waals surface area contributed by atoms with Gasteiger partial charge in [0.1, 0.15) is 10.8 Å². The van der Waals surface area contributed by atoms with E-state index in [4.69, 9.17) is 0 Å². The molecule has 0 aliphatic rings. The molecule has 1 N–H and O–H groups in total. The van der Waals surface area contributed by atoms with E-state index in [0.717, 1.165) is 22.7 Å². The largest absolute Gasteiger partial charge is 0.273 e. The van der Waals surface area contributed by atoms with E-state index in [0.29, 0.717) is 11.6 Å². The first-order chi connectivity index (χ1) is 11.0. The molecule has 0 saturated heterocycles. The van der Waals surface area contributed by atoms with Crippen LogP contribution in [0.15, 0.2) is 34.7 Å². The predicted octanol–water partition coefficient (Wildman–Crippen LogP) is 4.03. The number of hydrazone groups is 1. The van der Waals surface area contributed by atoms with E-state index in [1.807, 2.05) is 12.3 Å². The number of thiazole rings is 1. The molecule has 1 amide bonds. The van der Waals surface area contributed by atoms with Gasteiger partial charge in [-0.3, -0.25) is 4.79 Å². The van der Waals surface area contributed by atoms with Gasteiger partial charge < -0.3 is 0 Å². The molecule has 6 heteroatoms. The number of rotatable bonds is 6. The summed E-state index contributed by atoms with van der Waals surface area (Å²) in [6, 6.07) is 6.15. The number of hydrogen-bond donors (Lipinski definition) is 1. The number of nitrogens with one attached hydrogen (secondary N) is 1. The summed E-state index contributed by atoms with van der Waals surface area (Å²) in [5.74, 6) is -0.122. The summed E-state index contributed by atoms with van der Waals surface area (Å²) >= 11 is 1.43. The van der Waals surface area contributed by atoms with E-state index in [1.165, 1.54) is 23.5 Å². The van der Waals surface area contributed by atoms with Crippen LogP contribution in [-0.4, -0.2) is 16.6 Å². The van der Waals surface area contributed by atoms with Gasteiger partial charge in [-0.15, -0.1) is 11.3 Å². The summed E-state index contributed by atoms with van der Waals surface area (Å²) in [7, 11) is 0. The highest BCUT2D eigenvalue weighted by molar-refractivity contribution is 7.13. The highest BCUT2D eigenvalue weighted by Crippen LogP contribution is 2.24. The lowest BCUT2D eigenvalue weighted by Crippen LogP contribution is -2.22. The van der Waals surface area contributed by atoms with Crippen LogP contribution in [0.4, 0.5) is 4.39 Å². The smallest absolute Gasteiger partial charge is 0.246 e. The summed E-state index contributed by atoms with van der Waals surface area (Å²) < 4.78 is 12.9. The van der Waals surface area contributed by atoms with E-state index in [9.17, 15) is 9.18 Å². The average Bonchev–Trinajstić information content (AvgIpc) is 3.00. The Kier molecular flexibility index (Phi) is 5.98. The minimum atomic E-state index is -0.278. The van der Waals surface area contributed by atoms with Crippen molar-refractivity contribution in [2.45, 2.75) is 33.6 Å². The van der Waals surface area contributed by atoms with Crippen molar-refractivity contribution in [1.29, 1.82) is 0 Å². The molecule has 1 heterocycles. The maximum atomic E-state index is 12.9. The molecular formula is C17H20FN3OS. The molecule has 0 aliphatic heterocycles. The topological polar surface area (TPSA) is 54.4 Å². The van der Waals surface area contributed by atoms with E-state index in [1.54, 1.807) is 12.1 Å².